The van der Waals surface area contributed by atoms with Crippen molar-refractivity contribution in [2.24, 2.45) is 10.9 Å². The summed E-state index contributed by atoms with van der Waals surface area (Å²) >= 11 is 5.77. The lowest BCUT2D eigenvalue weighted by Gasteiger charge is -2.05. The maximum atomic E-state index is 8.50. The van der Waals surface area contributed by atoms with Crippen molar-refractivity contribution in [2.45, 2.75) is 0 Å². The maximum Gasteiger partial charge on any atom is 0.219 e. The van der Waals surface area contributed by atoms with Crippen molar-refractivity contribution in [1.82, 2.24) is 9.97 Å². The van der Waals surface area contributed by atoms with Crippen molar-refractivity contribution in [3.63, 3.8) is 0 Å². The molecule has 0 radical (unpaired) electrons. The standard InChI is InChI=1S/C11H9ClN4O2/c12-8-3-9(6-14-5-8)18-10-2-1-7(4-15-10)11(13)16-17/h1-6,17H,(H2,13,16). The van der Waals surface area contributed by atoms with E-state index >= 15 is 0 Å². The number of rotatable bonds is 3. The number of hydrogen-bond acceptors (Lipinski definition) is 5. The van der Waals surface area contributed by atoms with E-state index in [1.807, 2.05) is 0 Å². The summed E-state index contributed by atoms with van der Waals surface area (Å²) in [5.74, 6) is 0.818. The zero-order valence-corrected chi connectivity index (χ0v) is 9.87. The number of oxime groups is 1. The zero-order valence-electron chi connectivity index (χ0n) is 9.12. The highest BCUT2D eigenvalue weighted by Crippen LogP contribution is 2.21. The third-order valence-corrected chi connectivity index (χ3v) is 2.25. The van der Waals surface area contributed by atoms with Gasteiger partial charge in [-0.3, -0.25) is 4.98 Å². The zero-order chi connectivity index (χ0) is 13.0. The molecule has 0 aromatic carbocycles. The molecule has 0 bridgehead atoms. The smallest absolute Gasteiger partial charge is 0.219 e. The van der Waals surface area contributed by atoms with Gasteiger partial charge in [-0.1, -0.05) is 16.8 Å². The summed E-state index contributed by atoms with van der Waals surface area (Å²) in [7, 11) is 0. The fourth-order valence-corrected chi connectivity index (χ4v) is 1.38. The van der Waals surface area contributed by atoms with Crippen molar-refractivity contribution in [3.05, 3.63) is 47.4 Å². The van der Waals surface area contributed by atoms with Gasteiger partial charge in [-0.25, -0.2) is 4.98 Å². The average Bonchev–Trinajstić information content (AvgIpc) is 2.39. The number of amidine groups is 1. The van der Waals surface area contributed by atoms with Crippen LogP contribution in [0.4, 0.5) is 0 Å². The van der Waals surface area contributed by atoms with Gasteiger partial charge >= 0.3 is 0 Å². The van der Waals surface area contributed by atoms with Gasteiger partial charge in [0.25, 0.3) is 0 Å². The van der Waals surface area contributed by atoms with Crippen molar-refractivity contribution >= 4 is 17.4 Å². The minimum Gasteiger partial charge on any atom is -0.437 e. The Morgan fingerprint density at radius 3 is 2.78 bits per heavy atom. The topological polar surface area (TPSA) is 93.6 Å². The minimum absolute atomic E-state index is 0.0153. The van der Waals surface area contributed by atoms with Gasteiger partial charge in [0.15, 0.2) is 5.84 Å². The van der Waals surface area contributed by atoms with Crippen LogP contribution in [0.5, 0.6) is 11.6 Å². The third kappa shape index (κ3) is 2.86. The highest BCUT2D eigenvalue weighted by Gasteiger charge is 2.03. The molecule has 18 heavy (non-hydrogen) atoms. The number of nitrogens with zero attached hydrogens (tertiary/aromatic N) is 3. The van der Waals surface area contributed by atoms with E-state index in [0.29, 0.717) is 22.2 Å². The predicted molar refractivity (Wildman–Crippen MR) is 66.1 cm³/mol. The lowest BCUT2D eigenvalue weighted by Crippen LogP contribution is -2.13. The average molecular weight is 265 g/mol. The van der Waals surface area contributed by atoms with Crippen LogP contribution in [0.25, 0.3) is 0 Å². The van der Waals surface area contributed by atoms with Crippen LogP contribution in [-0.4, -0.2) is 21.0 Å². The van der Waals surface area contributed by atoms with Gasteiger partial charge < -0.3 is 15.7 Å². The van der Waals surface area contributed by atoms with Gasteiger partial charge in [-0.05, 0) is 6.07 Å². The first-order valence-electron chi connectivity index (χ1n) is 4.91. The molecule has 0 fully saturated rings. The Morgan fingerprint density at radius 2 is 2.17 bits per heavy atom. The lowest BCUT2D eigenvalue weighted by atomic mass is 10.3. The molecule has 7 heteroatoms. The molecule has 0 spiro atoms. The number of nitrogens with two attached hydrogens (primary N) is 1. The first kappa shape index (κ1) is 12.1. The van der Waals surface area contributed by atoms with E-state index in [-0.39, 0.29) is 5.84 Å². The van der Waals surface area contributed by atoms with E-state index < -0.39 is 0 Å². The summed E-state index contributed by atoms with van der Waals surface area (Å²) in [6.45, 7) is 0. The summed E-state index contributed by atoms with van der Waals surface area (Å²) in [4.78, 5) is 7.89. The number of ether oxygens (including phenoxy) is 1. The molecule has 0 aliphatic rings. The molecule has 0 saturated carbocycles. The summed E-state index contributed by atoms with van der Waals surface area (Å²) in [6, 6.07) is 4.83. The summed E-state index contributed by atoms with van der Waals surface area (Å²) in [5, 5.41) is 11.8. The van der Waals surface area contributed by atoms with Crippen LogP contribution >= 0.6 is 11.6 Å². The summed E-state index contributed by atoms with van der Waals surface area (Å²) in [5.41, 5.74) is 5.90. The van der Waals surface area contributed by atoms with Crippen molar-refractivity contribution in [3.8, 4) is 11.6 Å². The van der Waals surface area contributed by atoms with Gasteiger partial charge in [-0.15, -0.1) is 0 Å². The highest BCUT2D eigenvalue weighted by atomic mass is 35.5. The summed E-state index contributed by atoms with van der Waals surface area (Å²) in [6.07, 6.45) is 4.46. The van der Waals surface area contributed by atoms with E-state index in [0.717, 1.165) is 0 Å². The van der Waals surface area contributed by atoms with Gasteiger partial charge in [0.05, 0.1) is 11.2 Å². The Labute approximate surface area is 108 Å². The van der Waals surface area contributed by atoms with E-state index in [4.69, 9.17) is 27.3 Å². The molecule has 92 valence electrons. The largest absolute Gasteiger partial charge is 0.437 e. The first-order valence-corrected chi connectivity index (χ1v) is 5.29. The van der Waals surface area contributed by atoms with E-state index in [1.165, 1.54) is 18.6 Å². The van der Waals surface area contributed by atoms with Crippen molar-refractivity contribution in [1.29, 1.82) is 0 Å². The SMILES string of the molecule is NC(=NO)c1ccc(Oc2cncc(Cl)c2)nc1. The first-order chi connectivity index (χ1) is 8.69. The molecule has 2 rings (SSSR count). The van der Waals surface area contributed by atoms with Crippen LogP contribution < -0.4 is 10.5 Å². The monoisotopic (exact) mass is 264 g/mol. The molecule has 0 amide bonds. The molecule has 2 aromatic rings. The van der Waals surface area contributed by atoms with Gasteiger partial charge in [0, 0.05) is 30.1 Å². The molecule has 0 unspecified atom stereocenters. The molecule has 0 aliphatic carbocycles. The molecular formula is C11H9ClN4O2. The second kappa shape index (κ2) is 5.33. The van der Waals surface area contributed by atoms with Gasteiger partial charge in [0.1, 0.15) is 5.75 Å². The molecule has 0 saturated heterocycles. The molecule has 0 atom stereocenters. The Balaban J connectivity index is 2.16. The van der Waals surface area contributed by atoms with Gasteiger partial charge in [0.2, 0.25) is 5.88 Å². The van der Waals surface area contributed by atoms with Gasteiger partial charge in [-0.2, -0.15) is 0 Å². The number of halogens is 1. The Kier molecular flexibility index (Phi) is 3.59. The van der Waals surface area contributed by atoms with Crippen LogP contribution in [0, 0.1) is 0 Å². The Bertz CT molecular complexity index is 572. The van der Waals surface area contributed by atoms with E-state index in [2.05, 4.69) is 15.1 Å². The van der Waals surface area contributed by atoms with Crippen molar-refractivity contribution < 1.29 is 9.94 Å². The van der Waals surface area contributed by atoms with E-state index in [1.54, 1.807) is 18.2 Å². The number of pyridine rings is 2. The second-order valence-electron chi connectivity index (χ2n) is 3.31. The van der Waals surface area contributed by atoms with Crippen LogP contribution in [-0.2, 0) is 0 Å². The lowest BCUT2D eigenvalue weighted by molar-refractivity contribution is 0.318. The quantitative estimate of drug-likeness (QED) is 0.383. The third-order valence-electron chi connectivity index (χ3n) is 2.04. The molecule has 2 aromatic heterocycles. The minimum atomic E-state index is -0.0153. The second-order valence-corrected chi connectivity index (χ2v) is 3.75. The van der Waals surface area contributed by atoms with Crippen molar-refractivity contribution in [2.75, 3.05) is 0 Å². The maximum absolute atomic E-state index is 8.50. The Morgan fingerprint density at radius 1 is 1.33 bits per heavy atom. The van der Waals surface area contributed by atoms with Crippen LogP contribution in [0.15, 0.2) is 41.9 Å². The molecule has 3 N–H and O–H groups in total. The molecular weight excluding hydrogens is 256 g/mol. The van der Waals surface area contributed by atoms with Crippen LogP contribution in [0.2, 0.25) is 5.02 Å². The van der Waals surface area contributed by atoms with E-state index in [9.17, 15) is 0 Å². The molecule has 6 nitrogen and oxygen atoms in total. The predicted octanol–water partition coefficient (Wildman–Crippen LogP) is 2.02. The fraction of sp³-hybridized carbons (Fsp3) is 0. The van der Waals surface area contributed by atoms with Crippen LogP contribution in [0.1, 0.15) is 5.56 Å². The normalized spacial score (nSPS) is 11.3. The number of hydrogen-bond donors (Lipinski definition) is 2. The van der Waals surface area contributed by atoms with Crippen LogP contribution in [0.3, 0.4) is 0 Å². The highest BCUT2D eigenvalue weighted by molar-refractivity contribution is 6.30. The summed E-state index contributed by atoms with van der Waals surface area (Å²) < 4.78 is 5.43. The fourth-order valence-electron chi connectivity index (χ4n) is 1.22. The molecule has 0 aliphatic heterocycles. The number of aromatic nitrogens is 2. The Hall–Kier alpha value is -2.34. The molecule has 2 heterocycles.